The summed E-state index contributed by atoms with van der Waals surface area (Å²) in [6.45, 7) is 11.7. The number of aryl methyl sites for hydroxylation is 1. The molecule has 0 unspecified atom stereocenters. The highest BCUT2D eigenvalue weighted by atomic mass is 32.2. The van der Waals surface area contributed by atoms with Crippen molar-refractivity contribution in [3.05, 3.63) is 76.7 Å². The second-order valence-electron chi connectivity index (χ2n) is 7.90. The molecule has 1 amide bonds. The maximum atomic E-state index is 12.4. The predicted octanol–water partition coefficient (Wildman–Crippen LogP) is 6.35. The second kappa shape index (κ2) is 11.3. The maximum Gasteiger partial charge on any atom is 0.266 e. The van der Waals surface area contributed by atoms with Gasteiger partial charge in [0.25, 0.3) is 5.91 Å². The van der Waals surface area contributed by atoms with Crippen molar-refractivity contribution in [2.24, 2.45) is 0 Å². The van der Waals surface area contributed by atoms with E-state index in [1.54, 1.807) is 11.0 Å². The Bertz CT molecular complexity index is 1010. The summed E-state index contributed by atoms with van der Waals surface area (Å²) < 4.78 is 12.4. The Morgan fingerprint density at radius 3 is 2.53 bits per heavy atom. The number of ether oxygens (including phenoxy) is 2. The summed E-state index contributed by atoms with van der Waals surface area (Å²) in [6, 6.07) is 14.1. The zero-order valence-electron chi connectivity index (χ0n) is 18.8. The number of benzene rings is 2. The van der Waals surface area contributed by atoms with Crippen molar-refractivity contribution >= 4 is 40.3 Å². The van der Waals surface area contributed by atoms with Crippen LogP contribution < -0.4 is 9.47 Å². The first-order chi connectivity index (χ1) is 15.4. The fraction of sp³-hybridized carbons (Fsp3) is 0.308. The number of carbonyl (C=O) groups is 1. The third-order valence-electron chi connectivity index (χ3n) is 4.97. The van der Waals surface area contributed by atoms with Gasteiger partial charge in [-0.05, 0) is 53.8 Å². The summed E-state index contributed by atoms with van der Waals surface area (Å²) in [4.78, 5) is 14.6. The fourth-order valence-electron chi connectivity index (χ4n) is 3.27. The van der Waals surface area contributed by atoms with Crippen molar-refractivity contribution < 1.29 is 14.3 Å². The minimum Gasteiger partial charge on any atom is -0.493 e. The molecule has 2 aromatic carbocycles. The highest BCUT2D eigenvalue weighted by Crippen LogP contribution is 2.32. The zero-order chi connectivity index (χ0) is 23.1. The molecule has 4 nitrogen and oxygen atoms in total. The predicted molar refractivity (Wildman–Crippen MR) is 137 cm³/mol. The van der Waals surface area contributed by atoms with E-state index in [2.05, 4.69) is 45.5 Å². The van der Waals surface area contributed by atoms with Crippen molar-refractivity contribution in [1.29, 1.82) is 0 Å². The van der Waals surface area contributed by atoms with Gasteiger partial charge >= 0.3 is 0 Å². The molecule has 0 spiro atoms. The molecule has 6 heteroatoms. The Labute approximate surface area is 200 Å². The first-order valence-electron chi connectivity index (χ1n) is 10.7. The van der Waals surface area contributed by atoms with E-state index in [1.165, 1.54) is 22.9 Å². The zero-order valence-corrected chi connectivity index (χ0v) is 20.4. The third kappa shape index (κ3) is 6.24. The van der Waals surface area contributed by atoms with Crippen LogP contribution >= 0.6 is 24.0 Å². The molecule has 2 aromatic rings. The lowest BCUT2D eigenvalue weighted by Crippen LogP contribution is -2.27. The largest absolute Gasteiger partial charge is 0.493 e. The molecule has 3 rings (SSSR count). The van der Waals surface area contributed by atoms with Crippen LogP contribution in [0.1, 0.15) is 42.9 Å². The van der Waals surface area contributed by atoms with Crippen LogP contribution in [0.5, 0.6) is 11.5 Å². The summed E-state index contributed by atoms with van der Waals surface area (Å²) in [5.41, 5.74) is 3.36. The van der Waals surface area contributed by atoms with Gasteiger partial charge in [0.1, 0.15) is 15.8 Å². The van der Waals surface area contributed by atoms with Crippen molar-refractivity contribution in [3.8, 4) is 11.5 Å². The molecule has 1 aliphatic heterocycles. The van der Waals surface area contributed by atoms with Crippen LogP contribution in [0.2, 0.25) is 0 Å². The lowest BCUT2D eigenvalue weighted by molar-refractivity contribution is -0.121. The van der Waals surface area contributed by atoms with Gasteiger partial charge in [-0.3, -0.25) is 9.69 Å². The van der Waals surface area contributed by atoms with Crippen molar-refractivity contribution in [2.45, 2.75) is 33.1 Å². The highest BCUT2D eigenvalue weighted by molar-refractivity contribution is 8.26. The highest BCUT2D eigenvalue weighted by Gasteiger charge is 2.30. The van der Waals surface area contributed by atoms with Crippen LogP contribution in [-0.4, -0.2) is 34.9 Å². The second-order valence-corrected chi connectivity index (χ2v) is 9.57. The van der Waals surface area contributed by atoms with Gasteiger partial charge in [-0.15, -0.1) is 6.58 Å². The first-order valence-corrected chi connectivity index (χ1v) is 11.9. The molecular formula is C26H29NO3S2. The van der Waals surface area contributed by atoms with E-state index in [-0.39, 0.29) is 5.91 Å². The van der Waals surface area contributed by atoms with Crippen LogP contribution in [-0.2, 0) is 4.79 Å². The van der Waals surface area contributed by atoms with Crippen LogP contribution in [0.3, 0.4) is 0 Å². The molecule has 0 aliphatic carbocycles. The van der Waals surface area contributed by atoms with Crippen LogP contribution in [0.4, 0.5) is 0 Å². The molecule has 1 saturated heterocycles. The van der Waals surface area contributed by atoms with Gasteiger partial charge in [-0.2, -0.15) is 0 Å². The van der Waals surface area contributed by atoms with Crippen LogP contribution in [0.25, 0.3) is 6.08 Å². The average Bonchev–Trinajstić information content (AvgIpc) is 3.02. The van der Waals surface area contributed by atoms with Crippen LogP contribution in [0, 0.1) is 6.92 Å². The number of hydrogen-bond donors (Lipinski definition) is 0. The SMILES string of the molecule is C=CCN1C(=O)/C(=C/c2ccc(OCCCOc3cc(C)ccc3C(C)C)cc2)SC1=S. The quantitative estimate of drug-likeness (QED) is 0.176. The number of thiocarbonyl (C=S) groups is 1. The average molecular weight is 468 g/mol. The molecule has 0 saturated carbocycles. The molecule has 0 atom stereocenters. The van der Waals surface area contributed by atoms with Crippen molar-refractivity contribution in [2.75, 3.05) is 19.8 Å². The monoisotopic (exact) mass is 467 g/mol. The van der Waals surface area contributed by atoms with Gasteiger partial charge < -0.3 is 9.47 Å². The van der Waals surface area contributed by atoms with Gasteiger partial charge in [0.2, 0.25) is 0 Å². The van der Waals surface area contributed by atoms with Gasteiger partial charge in [0, 0.05) is 13.0 Å². The topological polar surface area (TPSA) is 38.8 Å². The Balaban J connectivity index is 1.48. The molecular weight excluding hydrogens is 438 g/mol. The lowest BCUT2D eigenvalue weighted by Gasteiger charge is -2.15. The third-order valence-corrected chi connectivity index (χ3v) is 6.35. The van der Waals surface area contributed by atoms with Crippen molar-refractivity contribution in [3.63, 3.8) is 0 Å². The molecule has 168 valence electrons. The number of amides is 1. The van der Waals surface area contributed by atoms with Crippen molar-refractivity contribution in [1.82, 2.24) is 4.90 Å². The Hall–Kier alpha value is -2.57. The Morgan fingerprint density at radius 1 is 1.12 bits per heavy atom. The molecule has 0 radical (unpaired) electrons. The number of thioether (sulfide) groups is 1. The van der Waals surface area contributed by atoms with Gasteiger partial charge in [0.05, 0.1) is 18.1 Å². The van der Waals surface area contributed by atoms with E-state index in [9.17, 15) is 4.79 Å². The minimum atomic E-state index is -0.0746. The van der Waals surface area contributed by atoms with E-state index >= 15 is 0 Å². The number of nitrogens with zero attached hydrogens (tertiary/aromatic N) is 1. The van der Waals surface area contributed by atoms with E-state index in [4.69, 9.17) is 21.7 Å². The Kier molecular flexibility index (Phi) is 8.53. The van der Waals surface area contributed by atoms with Gasteiger partial charge in [0.15, 0.2) is 0 Å². The van der Waals surface area contributed by atoms with Gasteiger partial charge in [-0.25, -0.2) is 0 Å². The Morgan fingerprint density at radius 2 is 1.84 bits per heavy atom. The number of carbonyl (C=O) groups excluding carboxylic acids is 1. The fourth-order valence-corrected chi connectivity index (χ4v) is 4.55. The molecule has 1 fully saturated rings. The summed E-state index contributed by atoms with van der Waals surface area (Å²) in [6.07, 6.45) is 4.32. The molecule has 0 bridgehead atoms. The summed E-state index contributed by atoms with van der Waals surface area (Å²) >= 11 is 6.59. The van der Waals surface area contributed by atoms with E-state index in [0.29, 0.717) is 34.9 Å². The summed E-state index contributed by atoms with van der Waals surface area (Å²) in [7, 11) is 0. The molecule has 1 heterocycles. The standard InChI is InChI=1S/C26H29NO3S2/c1-5-13-27-25(28)24(32-26(27)31)17-20-8-10-21(11-9-20)29-14-6-15-30-23-16-19(4)7-12-22(23)18(2)3/h5,7-12,16-18H,1,6,13-15H2,2-4H3/b24-17-. The molecule has 0 N–H and O–H groups in total. The minimum absolute atomic E-state index is 0.0746. The maximum absolute atomic E-state index is 12.4. The lowest BCUT2D eigenvalue weighted by atomic mass is 10.0. The van der Waals surface area contributed by atoms with E-state index in [1.807, 2.05) is 30.3 Å². The van der Waals surface area contributed by atoms with Crippen LogP contribution in [0.15, 0.2) is 60.0 Å². The molecule has 0 aromatic heterocycles. The normalized spacial score (nSPS) is 15.0. The smallest absolute Gasteiger partial charge is 0.266 e. The first kappa shape index (κ1) is 24.1. The van der Waals surface area contributed by atoms with E-state index < -0.39 is 0 Å². The number of hydrogen-bond acceptors (Lipinski definition) is 5. The van der Waals surface area contributed by atoms with E-state index in [0.717, 1.165) is 23.5 Å². The number of rotatable bonds is 10. The summed E-state index contributed by atoms with van der Waals surface area (Å²) in [5.74, 6) is 2.10. The molecule has 1 aliphatic rings. The molecule has 32 heavy (non-hydrogen) atoms. The summed E-state index contributed by atoms with van der Waals surface area (Å²) in [5, 5.41) is 0. The van der Waals surface area contributed by atoms with Gasteiger partial charge in [-0.1, -0.05) is 68.2 Å².